The van der Waals surface area contributed by atoms with Crippen LogP contribution >= 0.6 is 22.6 Å². The number of halogens is 1. The summed E-state index contributed by atoms with van der Waals surface area (Å²) in [7, 11) is 1.72. The van der Waals surface area contributed by atoms with Crippen molar-refractivity contribution in [3.8, 4) is 5.75 Å². The molecule has 0 fully saturated rings. The van der Waals surface area contributed by atoms with Crippen molar-refractivity contribution in [3.63, 3.8) is 0 Å². The van der Waals surface area contributed by atoms with Gasteiger partial charge in [0.1, 0.15) is 5.75 Å². The van der Waals surface area contributed by atoms with Gasteiger partial charge in [-0.2, -0.15) is 10.2 Å². The zero-order chi connectivity index (χ0) is 24.8. The lowest BCUT2D eigenvalue weighted by Gasteiger charge is -2.27. The first-order valence-corrected chi connectivity index (χ1v) is 11.6. The molecule has 4 aromatic rings. The summed E-state index contributed by atoms with van der Waals surface area (Å²) in [5.41, 5.74) is 2.12. The summed E-state index contributed by atoms with van der Waals surface area (Å²) in [6.45, 7) is 0. The lowest BCUT2D eigenvalue weighted by molar-refractivity contribution is -0.136. The van der Waals surface area contributed by atoms with Crippen LogP contribution < -0.4 is 10.2 Å². The Morgan fingerprint density at radius 2 is 1.66 bits per heavy atom. The fourth-order valence-corrected chi connectivity index (χ4v) is 4.18. The number of benzene rings is 3. The molecule has 2 N–H and O–H groups in total. The fraction of sp³-hybridized carbons (Fsp3) is 0.0769. The SMILES string of the molecule is Cn1cc(I)c(C(=O)Oc2cccc(/C=N\NC(=O)C(O)(c3ccccc3)c3ccccc3)c2)n1. The van der Waals surface area contributed by atoms with Crippen molar-refractivity contribution in [2.45, 2.75) is 5.60 Å². The highest BCUT2D eigenvalue weighted by molar-refractivity contribution is 14.1. The normalized spacial score (nSPS) is 11.4. The third kappa shape index (κ3) is 5.47. The number of carbonyl (C=O) groups excluding carboxylic acids is 2. The van der Waals surface area contributed by atoms with Crippen molar-refractivity contribution in [2.75, 3.05) is 0 Å². The van der Waals surface area contributed by atoms with Crippen LogP contribution in [0.4, 0.5) is 0 Å². The number of aliphatic hydroxyl groups is 1. The van der Waals surface area contributed by atoms with Crippen LogP contribution in [0.25, 0.3) is 0 Å². The van der Waals surface area contributed by atoms with Gasteiger partial charge in [0, 0.05) is 13.2 Å². The van der Waals surface area contributed by atoms with Gasteiger partial charge < -0.3 is 9.84 Å². The van der Waals surface area contributed by atoms with Crippen molar-refractivity contribution >= 4 is 40.7 Å². The van der Waals surface area contributed by atoms with Crippen LogP contribution in [0.5, 0.6) is 5.75 Å². The Balaban J connectivity index is 1.50. The molecule has 0 unspecified atom stereocenters. The second-order valence-corrected chi connectivity index (χ2v) is 8.77. The monoisotopic (exact) mass is 580 g/mol. The van der Waals surface area contributed by atoms with E-state index in [0.29, 0.717) is 26.0 Å². The average molecular weight is 580 g/mol. The van der Waals surface area contributed by atoms with E-state index in [1.54, 1.807) is 98.2 Å². The van der Waals surface area contributed by atoms with E-state index in [4.69, 9.17) is 4.74 Å². The maximum absolute atomic E-state index is 13.1. The van der Waals surface area contributed by atoms with E-state index >= 15 is 0 Å². The average Bonchev–Trinajstić information content (AvgIpc) is 3.22. The minimum Gasteiger partial charge on any atom is -0.422 e. The van der Waals surface area contributed by atoms with Crippen molar-refractivity contribution < 1.29 is 19.4 Å². The zero-order valence-corrected chi connectivity index (χ0v) is 20.8. The summed E-state index contributed by atoms with van der Waals surface area (Å²) in [4.78, 5) is 25.5. The topological polar surface area (TPSA) is 106 Å². The van der Waals surface area contributed by atoms with Crippen molar-refractivity contribution in [1.29, 1.82) is 0 Å². The van der Waals surface area contributed by atoms with E-state index in [-0.39, 0.29) is 5.69 Å². The number of ether oxygens (including phenoxy) is 1. The molecule has 4 rings (SSSR count). The molecule has 0 spiro atoms. The van der Waals surface area contributed by atoms with Gasteiger partial charge in [-0.15, -0.1) is 0 Å². The molecule has 0 saturated carbocycles. The molecule has 1 amide bonds. The highest BCUT2D eigenvalue weighted by Crippen LogP contribution is 2.29. The summed E-state index contributed by atoms with van der Waals surface area (Å²) in [5.74, 6) is -0.983. The van der Waals surface area contributed by atoms with E-state index in [1.807, 2.05) is 22.6 Å². The zero-order valence-electron chi connectivity index (χ0n) is 18.6. The molecule has 0 radical (unpaired) electrons. The van der Waals surface area contributed by atoms with Gasteiger partial charge >= 0.3 is 5.97 Å². The molecule has 0 atom stereocenters. The number of hydrazone groups is 1. The molecule has 0 aliphatic carbocycles. The summed E-state index contributed by atoms with van der Waals surface area (Å²) in [6.07, 6.45) is 3.12. The van der Waals surface area contributed by atoms with Gasteiger partial charge in [-0.05, 0) is 51.4 Å². The summed E-state index contributed by atoms with van der Waals surface area (Å²) >= 11 is 2.02. The molecule has 0 saturated heterocycles. The largest absolute Gasteiger partial charge is 0.422 e. The van der Waals surface area contributed by atoms with Gasteiger partial charge in [0.25, 0.3) is 5.91 Å². The molecule has 8 nitrogen and oxygen atoms in total. The van der Waals surface area contributed by atoms with Gasteiger partial charge in [0.15, 0.2) is 11.3 Å². The number of aromatic nitrogens is 2. The van der Waals surface area contributed by atoms with Crippen molar-refractivity contribution in [3.05, 3.63) is 117 Å². The van der Waals surface area contributed by atoms with Gasteiger partial charge in [-0.3, -0.25) is 9.48 Å². The van der Waals surface area contributed by atoms with Gasteiger partial charge in [-0.25, -0.2) is 10.2 Å². The van der Waals surface area contributed by atoms with E-state index in [9.17, 15) is 14.7 Å². The maximum Gasteiger partial charge on any atom is 0.365 e. The second kappa shape index (κ2) is 10.6. The Hall–Kier alpha value is -3.83. The lowest BCUT2D eigenvalue weighted by Crippen LogP contribution is -2.43. The molecule has 1 heterocycles. The summed E-state index contributed by atoms with van der Waals surface area (Å²) in [6, 6.07) is 24.0. The number of nitrogens with one attached hydrogen (secondary N) is 1. The van der Waals surface area contributed by atoms with E-state index in [0.717, 1.165) is 0 Å². The first-order valence-electron chi connectivity index (χ1n) is 10.6. The number of nitrogens with zero attached hydrogens (tertiary/aromatic N) is 3. The third-order valence-corrected chi connectivity index (χ3v) is 5.93. The van der Waals surface area contributed by atoms with E-state index in [2.05, 4.69) is 15.6 Å². The smallest absolute Gasteiger partial charge is 0.365 e. The second-order valence-electron chi connectivity index (χ2n) is 7.60. The Bertz CT molecular complexity index is 1330. The predicted octanol–water partition coefficient (Wildman–Crippen LogP) is 3.63. The Morgan fingerprint density at radius 3 is 2.23 bits per heavy atom. The standard InChI is InChI=1S/C26H21IN4O4/c1-31-17-22(27)23(30-31)24(32)35-21-14-8-9-18(15-21)16-28-29-25(33)26(34,19-10-4-2-5-11-19)20-12-6-3-7-13-20/h2-17,34H,1H3,(H,29,33)/b28-16-. The van der Waals surface area contributed by atoms with Crippen LogP contribution in [0.15, 0.2) is 96.2 Å². The van der Waals surface area contributed by atoms with Crippen LogP contribution in [0.2, 0.25) is 0 Å². The Kier molecular flexibility index (Phi) is 7.37. The van der Waals surface area contributed by atoms with Gasteiger partial charge in [0.2, 0.25) is 0 Å². The number of hydrogen-bond acceptors (Lipinski definition) is 6. The van der Waals surface area contributed by atoms with Crippen LogP contribution in [0, 0.1) is 3.57 Å². The molecule has 35 heavy (non-hydrogen) atoms. The van der Waals surface area contributed by atoms with Gasteiger partial charge in [0.05, 0.1) is 9.78 Å². The number of aryl methyl sites for hydroxylation is 1. The van der Waals surface area contributed by atoms with Crippen molar-refractivity contribution in [2.24, 2.45) is 12.1 Å². The maximum atomic E-state index is 13.1. The Labute approximate surface area is 215 Å². The molecule has 0 aliphatic heterocycles. The molecule has 3 aromatic carbocycles. The number of amides is 1. The highest BCUT2D eigenvalue weighted by Gasteiger charge is 2.39. The minimum absolute atomic E-state index is 0.223. The molecule has 176 valence electrons. The minimum atomic E-state index is -1.93. The number of carbonyl (C=O) groups is 2. The number of hydrogen-bond donors (Lipinski definition) is 2. The molecular formula is C26H21IN4O4. The Morgan fingerprint density at radius 1 is 1.03 bits per heavy atom. The quantitative estimate of drug-likeness (QED) is 0.114. The lowest BCUT2D eigenvalue weighted by atomic mass is 9.85. The summed E-state index contributed by atoms with van der Waals surface area (Å²) in [5, 5.41) is 19.6. The molecule has 1 aromatic heterocycles. The molecule has 0 bridgehead atoms. The van der Waals surface area contributed by atoms with Crippen LogP contribution in [-0.4, -0.2) is 33.0 Å². The first-order chi connectivity index (χ1) is 16.9. The predicted molar refractivity (Wildman–Crippen MR) is 139 cm³/mol. The third-order valence-electron chi connectivity index (χ3n) is 5.14. The summed E-state index contributed by atoms with van der Waals surface area (Å²) < 4.78 is 7.64. The van der Waals surface area contributed by atoms with E-state index in [1.165, 1.54) is 10.9 Å². The molecular weight excluding hydrogens is 559 g/mol. The number of rotatable bonds is 7. The van der Waals surface area contributed by atoms with Crippen LogP contribution in [-0.2, 0) is 17.4 Å². The van der Waals surface area contributed by atoms with Crippen molar-refractivity contribution in [1.82, 2.24) is 15.2 Å². The number of esters is 1. The van der Waals surface area contributed by atoms with Gasteiger partial charge in [-0.1, -0.05) is 72.8 Å². The molecule has 0 aliphatic rings. The van der Waals surface area contributed by atoms with E-state index < -0.39 is 17.5 Å². The fourth-order valence-electron chi connectivity index (χ4n) is 3.45. The first kappa shape index (κ1) is 24.3. The van der Waals surface area contributed by atoms with Crippen LogP contribution in [0.1, 0.15) is 27.2 Å². The van der Waals surface area contributed by atoms with Crippen LogP contribution in [0.3, 0.4) is 0 Å². The highest BCUT2D eigenvalue weighted by atomic mass is 127. The molecule has 9 heteroatoms.